The second-order valence-electron chi connectivity index (χ2n) is 4.44. The number of aromatic nitrogens is 2. The van der Waals surface area contributed by atoms with Crippen LogP contribution in [0.5, 0.6) is 0 Å². The molecule has 0 amide bonds. The minimum absolute atomic E-state index is 0.112. The normalized spacial score (nSPS) is 10.9. The molecule has 0 saturated heterocycles. The van der Waals surface area contributed by atoms with Gasteiger partial charge < -0.3 is 0 Å². The summed E-state index contributed by atoms with van der Waals surface area (Å²) in [5, 5.41) is 14.9. The van der Waals surface area contributed by atoms with Crippen LogP contribution in [0.2, 0.25) is 0 Å². The van der Waals surface area contributed by atoms with Crippen molar-refractivity contribution >= 4 is 39.0 Å². The van der Waals surface area contributed by atoms with Crippen molar-refractivity contribution in [2.45, 2.75) is 11.6 Å². The van der Waals surface area contributed by atoms with Gasteiger partial charge in [0.15, 0.2) is 4.83 Å². The van der Waals surface area contributed by atoms with Crippen molar-refractivity contribution in [2.75, 3.05) is 6.26 Å². The Morgan fingerprint density at radius 3 is 2.76 bits per heavy atom. The van der Waals surface area contributed by atoms with Gasteiger partial charge in [0, 0.05) is 12.1 Å². The van der Waals surface area contributed by atoms with E-state index in [1.807, 2.05) is 12.6 Å². The summed E-state index contributed by atoms with van der Waals surface area (Å²) in [7, 11) is 0. The third-order valence-electron chi connectivity index (χ3n) is 3.14. The Bertz CT molecular complexity index is 800. The van der Waals surface area contributed by atoms with E-state index in [0.29, 0.717) is 6.54 Å². The Kier molecular flexibility index (Phi) is 3.85. The van der Waals surface area contributed by atoms with Gasteiger partial charge in [-0.25, -0.2) is 4.57 Å². The van der Waals surface area contributed by atoms with Crippen molar-refractivity contribution in [3.05, 3.63) is 57.7 Å². The smallest absolute Gasteiger partial charge is 0.258 e. The van der Waals surface area contributed by atoms with Gasteiger partial charge in [-0.05, 0) is 40.4 Å². The van der Waals surface area contributed by atoms with Gasteiger partial charge in [-0.2, -0.15) is 0 Å². The van der Waals surface area contributed by atoms with E-state index in [4.69, 9.17) is 0 Å². The van der Waals surface area contributed by atoms with Gasteiger partial charge in [-0.3, -0.25) is 10.1 Å². The molecule has 7 heteroatoms. The van der Waals surface area contributed by atoms with Crippen molar-refractivity contribution in [3.63, 3.8) is 0 Å². The van der Waals surface area contributed by atoms with Crippen molar-refractivity contribution < 1.29 is 9.49 Å². The summed E-state index contributed by atoms with van der Waals surface area (Å²) in [4.78, 5) is 15.9. The largest absolute Gasteiger partial charge is 0.288 e. The molecule has 0 aliphatic carbocycles. The van der Waals surface area contributed by atoms with Crippen LogP contribution in [-0.4, -0.2) is 16.2 Å². The molecule has 106 valence electrons. The third kappa shape index (κ3) is 2.74. The van der Waals surface area contributed by atoms with E-state index in [0.717, 1.165) is 20.8 Å². The number of nitrogens with zero attached hydrogens (tertiary/aromatic N) is 3. The number of nitro groups is 1. The van der Waals surface area contributed by atoms with Gasteiger partial charge in [0.2, 0.25) is 5.03 Å². The number of thiophene rings is 1. The zero-order chi connectivity index (χ0) is 14.8. The molecule has 0 aliphatic heterocycles. The molecule has 3 rings (SSSR count). The SMILES string of the molecule is CSc1nc[n+](Cc2ccc([N+](=O)[O-])cc2)c2sccc12. The number of hydrogen-bond donors (Lipinski definition) is 0. The predicted octanol–water partition coefficient (Wildman–Crippen LogP) is 3.26. The molecule has 0 N–H and O–H groups in total. The van der Waals surface area contributed by atoms with Crippen LogP contribution in [0.25, 0.3) is 10.2 Å². The fourth-order valence-electron chi connectivity index (χ4n) is 2.13. The number of thioether (sulfide) groups is 1. The molecule has 0 bridgehead atoms. The lowest BCUT2D eigenvalue weighted by Gasteiger charge is -2.02. The van der Waals surface area contributed by atoms with Gasteiger partial charge >= 0.3 is 0 Å². The molecule has 5 nitrogen and oxygen atoms in total. The van der Waals surface area contributed by atoms with Crippen LogP contribution < -0.4 is 4.57 Å². The molecule has 3 aromatic rings. The second kappa shape index (κ2) is 5.79. The van der Waals surface area contributed by atoms with Gasteiger partial charge in [-0.15, -0.1) is 11.3 Å². The Morgan fingerprint density at radius 2 is 2.10 bits per heavy atom. The predicted molar refractivity (Wildman–Crippen MR) is 83.8 cm³/mol. The summed E-state index contributed by atoms with van der Waals surface area (Å²) >= 11 is 3.30. The molecule has 2 heterocycles. The summed E-state index contributed by atoms with van der Waals surface area (Å²) in [6, 6.07) is 8.71. The first-order chi connectivity index (χ1) is 10.2. The molecule has 2 aromatic heterocycles. The molecule has 0 atom stereocenters. The van der Waals surface area contributed by atoms with Crippen LogP contribution in [0.4, 0.5) is 5.69 Å². The number of rotatable bonds is 4. The van der Waals surface area contributed by atoms with E-state index in [-0.39, 0.29) is 10.6 Å². The summed E-state index contributed by atoms with van der Waals surface area (Å²) in [5.74, 6) is 0. The second-order valence-corrected chi connectivity index (χ2v) is 6.13. The molecule has 0 aliphatic rings. The van der Waals surface area contributed by atoms with E-state index in [1.165, 1.54) is 12.1 Å². The molecule has 21 heavy (non-hydrogen) atoms. The summed E-state index contributed by atoms with van der Waals surface area (Å²) < 4.78 is 2.07. The molecule has 0 fully saturated rings. The number of non-ortho nitro benzene ring substituents is 1. The van der Waals surface area contributed by atoms with E-state index in [9.17, 15) is 10.1 Å². The van der Waals surface area contributed by atoms with Crippen molar-refractivity contribution in [1.82, 2.24) is 4.98 Å². The molecular weight excluding hydrogens is 306 g/mol. The molecule has 0 radical (unpaired) electrons. The Balaban J connectivity index is 1.94. The van der Waals surface area contributed by atoms with Crippen molar-refractivity contribution in [2.24, 2.45) is 0 Å². The van der Waals surface area contributed by atoms with Gasteiger partial charge in [0.05, 0.1) is 10.3 Å². The van der Waals surface area contributed by atoms with Crippen LogP contribution in [0.1, 0.15) is 5.56 Å². The van der Waals surface area contributed by atoms with E-state index >= 15 is 0 Å². The maximum Gasteiger partial charge on any atom is 0.288 e. The monoisotopic (exact) mass is 318 g/mol. The highest BCUT2D eigenvalue weighted by Gasteiger charge is 2.15. The van der Waals surface area contributed by atoms with Crippen LogP contribution in [0.15, 0.2) is 47.1 Å². The van der Waals surface area contributed by atoms with Crippen LogP contribution in [0, 0.1) is 10.1 Å². The fraction of sp³-hybridized carbons (Fsp3) is 0.143. The van der Waals surface area contributed by atoms with E-state index in [2.05, 4.69) is 21.0 Å². The first-order valence-corrected chi connectivity index (χ1v) is 8.32. The van der Waals surface area contributed by atoms with Crippen LogP contribution in [0.3, 0.4) is 0 Å². The maximum atomic E-state index is 10.7. The minimum atomic E-state index is -0.386. The lowest BCUT2D eigenvalue weighted by Crippen LogP contribution is -2.34. The standard InChI is InChI=1S/C14H12N3O2S2/c1-20-13-12-6-7-21-14(12)16(9-15-13)8-10-2-4-11(5-3-10)17(18)19/h2-7,9H,8H2,1H3/q+1. The summed E-state index contributed by atoms with van der Waals surface area (Å²) in [5.41, 5.74) is 1.12. The highest BCUT2D eigenvalue weighted by Crippen LogP contribution is 2.25. The third-order valence-corrected chi connectivity index (χ3v) is 4.81. The summed E-state index contributed by atoms with van der Waals surface area (Å²) in [6.07, 6.45) is 3.84. The Labute approximate surface area is 129 Å². The zero-order valence-corrected chi connectivity index (χ0v) is 12.9. The lowest BCUT2D eigenvalue weighted by molar-refractivity contribution is -0.663. The number of fused-ring (bicyclic) bond motifs is 1. The zero-order valence-electron chi connectivity index (χ0n) is 11.2. The average Bonchev–Trinajstić information content (AvgIpc) is 2.98. The topological polar surface area (TPSA) is 59.9 Å². The highest BCUT2D eigenvalue weighted by molar-refractivity contribution is 7.98. The lowest BCUT2D eigenvalue weighted by atomic mass is 10.2. The average molecular weight is 318 g/mol. The molecule has 0 unspecified atom stereocenters. The van der Waals surface area contributed by atoms with Crippen LogP contribution in [-0.2, 0) is 6.54 Å². The quantitative estimate of drug-likeness (QED) is 0.243. The number of benzene rings is 1. The highest BCUT2D eigenvalue weighted by atomic mass is 32.2. The van der Waals surface area contributed by atoms with Gasteiger partial charge in [-0.1, -0.05) is 11.8 Å². The van der Waals surface area contributed by atoms with Crippen molar-refractivity contribution in [3.8, 4) is 0 Å². The molecule has 1 aromatic carbocycles. The first kappa shape index (κ1) is 14.0. The van der Waals surface area contributed by atoms with E-state index < -0.39 is 0 Å². The van der Waals surface area contributed by atoms with Gasteiger partial charge in [0.1, 0.15) is 6.54 Å². The van der Waals surface area contributed by atoms with E-state index in [1.54, 1.807) is 35.2 Å². The van der Waals surface area contributed by atoms with Crippen molar-refractivity contribution in [1.29, 1.82) is 0 Å². The summed E-state index contributed by atoms with van der Waals surface area (Å²) in [6.45, 7) is 0.649. The first-order valence-electron chi connectivity index (χ1n) is 6.22. The molecule has 0 saturated carbocycles. The maximum absolute atomic E-state index is 10.7. The fourth-order valence-corrected chi connectivity index (χ4v) is 3.60. The van der Waals surface area contributed by atoms with Gasteiger partial charge in [0.25, 0.3) is 12.0 Å². The number of nitro benzene ring substituents is 1. The van der Waals surface area contributed by atoms with Crippen LogP contribution >= 0.6 is 23.1 Å². The number of hydrogen-bond acceptors (Lipinski definition) is 5. The molecule has 0 spiro atoms. The Morgan fingerprint density at radius 1 is 1.33 bits per heavy atom. The molecular formula is C14H12N3O2S2+. The minimum Gasteiger partial charge on any atom is -0.258 e. The Hall–Kier alpha value is -1.99.